The molecule has 108 valence electrons. The molecule has 0 unspecified atom stereocenters. The van der Waals surface area contributed by atoms with E-state index < -0.39 is 0 Å². The van der Waals surface area contributed by atoms with E-state index in [1.807, 2.05) is 26.1 Å². The second-order valence-corrected chi connectivity index (χ2v) is 6.41. The Balaban J connectivity index is 2.08. The van der Waals surface area contributed by atoms with Crippen molar-refractivity contribution in [2.24, 2.45) is 7.05 Å². The maximum absolute atomic E-state index is 6.20. The number of nitrogens with zero attached hydrogens (tertiary/aromatic N) is 2. The highest BCUT2D eigenvalue weighted by Crippen LogP contribution is 2.25. The number of hydrogen-bond acceptors (Lipinski definition) is 2. The second kappa shape index (κ2) is 5.49. The number of hydrogen-bond donors (Lipinski definition) is 0. The fourth-order valence-electron chi connectivity index (χ4n) is 2.04. The molecule has 0 fully saturated rings. The summed E-state index contributed by atoms with van der Waals surface area (Å²) in [4.78, 5) is 0. The van der Waals surface area contributed by atoms with Crippen LogP contribution in [-0.4, -0.2) is 9.78 Å². The molecule has 1 aromatic heterocycles. The van der Waals surface area contributed by atoms with Gasteiger partial charge in [0.05, 0.1) is 16.4 Å². The lowest BCUT2D eigenvalue weighted by molar-refractivity contribution is 0.295. The minimum Gasteiger partial charge on any atom is -0.487 e. The number of aromatic nitrogens is 2. The Morgan fingerprint density at radius 1 is 1.20 bits per heavy atom. The largest absolute Gasteiger partial charge is 0.487 e. The van der Waals surface area contributed by atoms with E-state index in [1.165, 1.54) is 5.56 Å². The average Bonchev–Trinajstić information content (AvgIpc) is 2.61. The van der Waals surface area contributed by atoms with Gasteiger partial charge < -0.3 is 4.74 Å². The van der Waals surface area contributed by atoms with E-state index in [-0.39, 0.29) is 5.41 Å². The van der Waals surface area contributed by atoms with Crippen LogP contribution in [0.2, 0.25) is 5.02 Å². The molecular formula is C16H21ClN2O. The number of aryl methyl sites for hydroxylation is 2. The van der Waals surface area contributed by atoms with Gasteiger partial charge in [0.25, 0.3) is 0 Å². The molecule has 0 aliphatic rings. The maximum atomic E-state index is 6.20. The van der Waals surface area contributed by atoms with E-state index in [0.29, 0.717) is 11.6 Å². The summed E-state index contributed by atoms with van der Waals surface area (Å²) in [6.07, 6.45) is 0. The van der Waals surface area contributed by atoms with Gasteiger partial charge in [-0.1, -0.05) is 44.5 Å². The van der Waals surface area contributed by atoms with E-state index in [0.717, 1.165) is 17.1 Å². The van der Waals surface area contributed by atoms with Gasteiger partial charge in [-0.25, -0.2) is 0 Å². The lowest BCUT2D eigenvalue weighted by Gasteiger charge is -2.19. The highest BCUT2D eigenvalue weighted by Gasteiger charge is 2.14. The van der Waals surface area contributed by atoms with Gasteiger partial charge in [0, 0.05) is 7.05 Å². The summed E-state index contributed by atoms with van der Waals surface area (Å²) in [5, 5.41) is 4.95. The minimum absolute atomic E-state index is 0.154. The topological polar surface area (TPSA) is 27.1 Å². The lowest BCUT2D eigenvalue weighted by Crippen LogP contribution is -2.10. The van der Waals surface area contributed by atoms with Crippen molar-refractivity contribution in [3.8, 4) is 5.75 Å². The van der Waals surface area contributed by atoms with Gasteiger partial charge in [-0.3, -0.25) is 4.68 Å². The molecule has 1 heterocycles. The quantitative estimate of drug-likeness (QED) is 0.845. The first-order chi connectivity index (χ1) is 9.29. The summed E-state index contributed by atoms with van der Waals surface area (Å²) >= 11 is 6.20. The van der Waals surface area contributed by atoms with Crippen molar-refractivity contribution in [3.05, 3.63) is 46.2 Å². The molecule has 4 heteroatoms. The van der Waals surface area contributed by atoms with Crippen LogP contribution < -0.4 is 4.74 Å². The molecule has 0 saturated carbocycles. The molecule has 0 bridgehead atoms. The van der Waals surface area contributed by atoms with Gasteiger partial charge in [-0.15, -0.1) is 0 Å². The third-order valence-corrected chi connectivity index (χ3v) is 3.85. The zero-order chi connectivity index (χ0) is 14.9. The summed E-state index contributed by atoms with van der Waals surface area (Å²) in [6, 6.07) is 8.20. The lowest BCUT2D eigenvalue weighted by atomic mass is 9.87. The van der Waals surface area contributed by atoms with Gasteiger partial charge in [0.2, 0.25) is 0 Å². The van der Waals surface area contributed by atoms with E-state index >= 15 is 0 Å². The van der Waals surface area contributed by atoms with Crippen LogP contribution in [0.3, 0.4) is 0 Å². The summed E-state index contributed by atoms with van der Waals surface area (Å²) < 4.78 is 7.55. The zero-order valence-corrected chi connectivity index (χ0v) is 13.5. The Bertz CT molecular complexity index is 594. The summed E-state index contributed by atoms with van der Waals surface area (Å²) in [5.74, 6) is 0.841. The van der Waals surface area contributed by atoms with Crippen molar-refractivity contribution in [1.29, 1.82) is 0 Å². The van der Waals surface area contributed by atoms with Crippen molar-refractivity contribution in [2.75, 3.05) is 0 Å². The van der Waals surface area contributed by atoms with Crippen molar-refractivity contribution < 1.29 is 4.74 Å². The van der Waals surface area contributed by atoms with Crippen LogP contribution in [0, 0.1) is 6.92 Å². The number of benzene rings is 1. The van der Waals surface area contributed by atoms with E-state index in [9.17, 15) is 0 Å². The molecule has 0 saturated heterocycles. The first-order valence-electron chi connectivity index (χ1n) is 6.70. The average molecular weight is 293 g/mol. The van der Waals surface area contributed by atoms with Crippen LogP contribution >= 0.6 is 11.6 Å². The Labute approximate surface area is 125 Å². The Kier molecular flexibility index (Phi) is 4.09. The van der Waals surface area contributed by atoms with Crippen LogP contribution in [-0.2, 0) is 19.1 Å². The molecule has 20 heavy (non-hydrogen) atoms. The molecule has 0 radical (unpaired) electrons. The van der Waals surface area contributed by atoms with Crippen molar-refractivity contribution in [3.63, 3.8) is 0 Å². The molecule has 0 spiro atoms. The number of halogens is 1. The predicted octanol–water partition coefficient (Wildman–Crippen LogP) is 4.26. The molecule has 2 aromatic rings. The molecule has 0 N–H and O–H groups in total. The van der Waals surface area contributed by atoms with Gasteiger partial charge in [-0.05, 0) is 30.0 Å². The number of rotatable bonds is 3. The molecule has 0 aliphatic carbocycles. The van der Waals surface area contributed by atoms with Crippen LogP contribution in [0.4, 0.5) is 0 Å². The summed E-state index contributed by atoms with van der Waals surface area (Å²) in [5.41, 5.74) is 3.17. The Morgan fingerprint density at radius 2 is 1.80 bits per heavy atom. The Morgan fingerprint density at radius 3 is 2.25 bits per heavy atom. The van der Waals surface area contributed by atoms with Crippen LogP contribution in [0.5, 0.6) is 5.75 Å². The monoisotopic (exact) mass is 292 g/mol. The Hall–Kier alpha value is -1.48. The van der Waals surface area contributed by atoms with E-state index in [2.05, 4.69) is 38.0 Å². The maximum Gasteiger partial charge on any atom is 0.131 e. The van der Waals surface area contributed by atoms with Crippen LogP contribution in [0.15, 0.2) is 24.3 Å². The van der Waals surface area contributed by atoms with Crippen LogP contribution in [0.1, 0.15) is 37.7 Å². The van der Waals surface area contributed by atoms with Gasteiger partial charge in [0.15, 0.2) is 0 Å². The third-order valence-electron chi connectivity index (χ3n) is 3.36. The van der Waals surface area contributed by atoms with Gasteiger partial charge >= 0.3 is 0 Å². The molecular weight excluding hydrogens is 272 g/mol. The molecule has 0 aliphatic heterocycles. The minimum atomic E-state index is 0.154. The fraction of sp³-hybridized carbons (Fsp3) is 0.438. The van der Waals surface area contributed by atoms with E-state index in [1.54, 1.807) is 4.68 Å². The van der Waals surface area contributed by atoms with Crippen molar-refractivity contribution in [1.82, 2.24) is 9.78 Å². The first kappa shape index (κ1) is 14.9. The molecule has 3 nitrogen and oxygen atoms in total. The van der Waals surface area contributed by atoms with Crippen molar-refractivity contribution in [2.45, 2.75) is 39.7 Å². The standard InChI is InChI=1S/C16H21ClN2O/c1-11-15(17)14(19(5)18-11)10-20-13-8-6-12(7-9-13)16(2,3)4/h6-9H,10H2,1-5H3. The molecule has 2 rings (SSSR count). The molecule has 1 aromatic carbocycles. The van der Waals surface area contributed by atoms with Gasteiger partial charge in [-0.2, -0.15) is 5.10 Å². The first-order valence-corrected chi connectivity index (χ1v) is 7.08. The highest BCUT2D eigenvalue weighted by molar-refractivity contribution is 6.31. The van der Waals surface area contributed by atoms with Crippen LogP contribution in [0.25, 0.3) is 0 Å². The SMILES string of the molecule is Cc1nn(C)c(COc2ccc(C(C)(C)C)cc2)c1Cl. The molecule has 0 atom stereocenters. The summed E-state index contributed by atoms with van der Waals surface area (Å²) in [6.45, 7) is 8.90. The van der Waals surface area contributed by atoms with Crippen molar-refractivity contribution >= 4 is 11.6 Å². The normalized spacial score (nSPS) is 11.7. The smallest absolute Gasteiger partial charge is 0.131 e. The molecule has 0 amide bonds. The highest BCUT2D eigenvalue weighted by atomic mass is 35.5. The zero-order valence-electron chi connectivity index (χ0n) is 12.7. The second-order valence-electron chi connectivity index (χ2n) is 6.03. The summed E-state index contributed by atoms with van der Waals surface area (Å²) in [7, 11) is 1.88. The van der Waals surface area contributed by atoms with E-state index in [4.69, 9.17) is 16.3 Å². The van der Waals surface area contributed by atoms with Gasteiger partial charge in [0.1, 0.15) is 12.4 Å². The fourth-order valence-corrected chi connectivity index (χ4v) is 2.25. The third kappa shape index (κ3) is 3.15. The predicted molar refractivity (Wildman–Crippen MR) is 82.4 cm³/mol. The number of ether oxygens (including phenoxy) is 1.